The van der Waals surface area contributed by atoms with Crippen molar-refractivity contribution in [1.29, 1.82) is 0 Å². The van der Waals surface area contributed by atoms with Crippen molar-refractivity contribution >= 4 is 37.0 Å². The largest absolute Gasteiger partial charge is 0.390 e. The average Bonchev–Trinajstić information content (AvgIpc) is 2.93. The summed E-state index contributed by atoms with van der Waals surface area (Å²) in [5.74, 6) is 0. The van der Waals surface area contributed by atoms with E-state index in [4.69, 9.17) is 0 Å². The molecule has 22 heavy (non-hydrogen) atoms. The van der Waals surface area contributed by atoms with Crippen LogP contribution in [-0.4, -0.2) is 27.2 Å². The summed E-state index contributed by atoms with van der Waals surface area (Å²) in [4.78, 5) is 4.25. The van der Waals surface area contributed by atoms with E-state index >= 15 is 0 Å². The molecule has 1 atom stereocenters. The van der Waals surface area contributed by atoms with Crippen molar-refractivity contribution in [3.63, 3.8) is 0 Å². The van der Waals surface area contributed by atoms with Gasteiger partial charge in [0.05, 0.1) is 12.3 Å². The fraction of sp³-hybridized carbons (Fsp3) is 0.267. The summed E-state index contributed by atoms with van der Waals surface area (Å²) in [6.45, 7) is 1.46. The molecule has 0 aromatic carbocycles. The van der Waals surface area contributed by atoms with Crippen LogP contribution >= 0.6 is 15.9 Å². The average molecular weight is 383 g/mol. The van der Waals surface area contributed by atoms with Crippen LogP contribution in [0.25, 0.3) is 11.0 Å². The standard InChI is InChI=1S/C15H15BrN2O3S/c1-15(7-4-12(16)5-8-15)22(20,21)18-9-6-11-2-3-13(10-19)17-14(11)18/h2-7,9,19H,8,10H2,1H3. The molecule has 116 valence electrons. The zero-order chi connectivity index (χ0) is 16.0. The summed E-state index contributed by atoms with van der Waals surface area (Å²) in [6.07, 6.45) is 7.18. The molecular formula is C15H15BrN2O3S. The molecule has 1 unspecified atom stereocenters. The Kier molecular flexibility index (Phi) is 3.74. The molecule has 5 nitrogen and oxygen atoms in total. The summed E-state index contributed by atoms with van der Waals surface area (Å²) in [5, 5.41) is 9.93. The van der Waals surface area contributed by atoms with Gasteiger partial charge >= 0.3 is 0 Å². The van der Waals surface area contributed by atoms with E-state index in [-0.39, 0.29) is 6.61 Å². The number of nitrogens with zero attached hydrogens (tertiary/aromatic N) is 2. The SMILES string of the molecule is CC1(S(=O)(=O)n2ccc3ccc(CO)nc32)C=CC(Br)=CC1. The molecule has 3 rings (SSSR count). The quantitative estimate of drug-likeness (QED) is 0.885. The van der Waals surface area contributed by atoms with E-state index < -0.39 is 14.8 Å². The summed E-state index contributed by atoms with van der Waals surface area (Å²) < 4.78 is 27.2. The van der Waals surface area contributed by atoms with Crippen LogP contribution in [0.3, 0.4) is 0 Å². The number of pyridine rings is 1. The maximum absolute atomic E-state index is 13.1. The summed E-state index contributed by atoms with van der Waals surface area (Å²) in [6, 6.07) is 5.15. The lowest BCUT2D eigenvalue weighted by atomic mass is 10.0. The zero-order valence-corrected chi connectivity index (χ0v) is 14.3. The van der Waals surface area contributed by atoms with Crippen LogP contribution in [0.15, 0.2) is 47.1 Å². The van der Waals surface area contributed by atoms with Gasteiger partial charge in [0, 0.05) is 16.1 Å². The zero-order valence-electron chi connectivity index (χ0n) is 11.9. The van der Waals surface area contributed by atoms with E-state index in [2.05, 4.69) is 20.9 Å². The van der Waals surface area contributed by atoms with Crippen LogP contribution in [0.1, 0.15) is 19.0 Å². The van der Waals surface area contributed by atoms with Gasteiger partial charge in [-0.1, -0.05) is 34.2 Å². The van der Waals surface area contributed by atoms with Crippen LogP contribution in [0, 0.1) is 0 Å². The van der Waals surface area contributed by atoms with Gasteiger partial charge in [0.15, 0.2) is 5.65 Å². The highest BCUT2D eigenvalue weighted by Crippen LogP contribution is 2.33. The van der Waals surface area contributed by atoms with Gasteiger partial charge in [-0.15, -0.1) is 0 Å². The minimum atomic E-state index is -3.67. The number of halogens is 1. The monoisotopic (exact) mass is 382 g/mol. The van der Waals surface area contributed by atoms with Crippen molar-refractivity contribution in [2.45, 2.75) is 24.7 Å². The van der Waals surface area contributed by atoms with Crippen molar-refractivity contribution in [2.24, 2.45) is 0 Å². The Morgan fingerprint density at radius 2 is 2.18 bits per heavy atom. The minimum absolute atomic E-state index is 0.228. The van der Waals surface area contributed by atoms with Gasteiger partial charge in [-0.2, -0.15) is 0 Å². The lowest BCUT2D eigenvalue weighted by Gasteiger charge is -2.27. The molecule has 0 saturated heterocycles. The Hall–Kier alpha value is -1.44. The van der Waals surface area contributed by atoms with E-state index in [1.54, 1.807) is 37.3 Å². The van der Waals surface area contributed by atoms with Crippen molar-refractivity contribution in [3.8, 4) is 0 Å². The maximum atomic E-state index is 13.1. The van der Waals surface area contributed by atoms with Crippen molar-refractivity contribution in [1.82, 2.24) is 8.96 Å². The number of hydrogen-bond acceptors (Lipinski definition) is 4. The van der Waals surface area contributed by atoms with E-state index in [0.717, 1.165) is 9.87 Å². The fourth-order valence-corrected chi connectivity index (χ4v) is 4.29. The lowest BCUT2D eigenvalue weighted by Crippen LogP contribution is -2.38. The molecule has 2 heterocycles. The molecule has 0 fully saturated rings. The van der Waals surface area contributed by atoms with Gasteiger partial charge < -0.3 is 5.11 Å². The van der Waals surface area contributed by atoms with Crippen molar-refractivity contribution < 1.29 is 13.5 Å². The molecule has 0 amide bonds. The highest BCUT2D eigenvalue weighted by molar-refractivity contribution is 9.11. The molecule has 0 saturated carbocycles. The number of fused-ring (bicyclic) bond motifs is 1. The molecule has 1 N–H and O–H groups in total. The molecule has 2 aromatic heterocycles. The summed E-state index contributed by atoms with van der Waals surface area (Å²) in [5.41, 5.74) is 0.782. The number of aromatic nitrogens is 2. The van der Waals surface area contributed by atoms with Crippen LogP contribution in [0.2, 0.25) is 0 Å². The molecule has 7 heteroatoms. The second-order valence-corrected chi connectivity index (χ2v) is 8.62. The molecular weight excluding hydrogens is 368 g/mol. The van der Waals surface area contributed by atoms with E-state index in [1.807, 2.05) is 6.08 Å². The third-order valence-electron chi connectivity index (χ3n) is 3.87. The first-order valence-corrected chi connectivity index (χ1v) is 8.98. The highest BCUT2D eigenvalue weighted by atomic mass is 79.9. The molecule has 0 bridgehead atoms. The first-order chi connectivity index (χ1) is 10.4. The van der Waals surface area contributed by atoms with Crippen molar-refractivity contribution in [2.75, 3.05) is 0 Å². The Morgan fingerprint density at radius 3 is 2.82 bits per heavy atom. The van der Waals surface area contributed by atoms with E-state index in [9.17, 15) is 13.5 Å². The molecule has 1 aliphatic rings. The topological polar surface area (TPSA) is 72.2 Å². The molecule has 1 aliphatic carbocycles. The first kappa shape index (κ1) is 15.5. The number of hydrogen-bond donors (Lipinski definition) is 1. The number of allylic oxidation sites excluding steroid dienone is 3. The summed E-state index contributed by atoms with van der Waals surface area (Å²) in [7, 11) is -3.67. The van der Waals surface area contributed by atoms with Crippen LogP contribution < -0.4 is 0 Å². The van der Waals surface area contributed by atoms with E-state index in [0.29, 0.717) is 17.8 Å². The Balaban J connectivity index is 2.16. The van der Waals surface area contributed by atoms with Gasteiger partial charge in [-0.25, -0.2) is 17.4 Å². The second-order valence-electron chi connectivity index (χ2n) is 5.43. The molecule has 2 aromatic rings. The predicted octanol–water partition coefficient (Wildman–Crippen LogP) is 2.70. The van der Waals surface area contributed by atoms with Gasteiger partial charge in [-0.3, -0.25) is 0 Å². The number of aliphatic hydroxyl groups is 1. The predicted molar refractivity (Wildman–Crippen MR) is 89.1 cm³/mol. The van der Waals surface area contributed by atoms with Gasteiger partial charge in [0.1, 0.15) is 4.75 Å². The molecule has 0 spiro atoms. The smallest absolute Gasteiger partial charge is 0.249 e. The highest BCUT2D eigenvalue weighted by Gasteiger charge is 2.39. The first-order valence-electron chi connectivity index (χ1n) is 6.75. The Bertz CT molecular complexity index is 899. The van der Waals surface area contributed by atoms with Gasteiger partial charge in [0.25, 0.3) is 0 Å². The number of aliphatic hydroxyl groups excluding tert-OH is 1. The van der Waals surface area contributed by atoms with E-state index in [1.165, 1.54) is 10.2 Å². The van der Waals surface area contributed by atoms with Crippen molar-refractivity contribution in [3.05, 3.63) is 52.8 Å². The molecule has 0 radical (unpaired) electrons. The van der Waals surface area contributed by atoms with Crippen LogP contribution in [0.5, 0.6) is 0 Å². The Labute approximate surface area is 137 Å². The minimum Gasteiger partial charge on any atom is -0.390 e. The summed E-state index contributed by atoms with van der Waals surface area (Å²) >= 11 is 3.35. The van der Waals surface area contributed by atoms with Gasteiger partial charge in [0.2, 0.25) is 10.0 Å². The van der Waals surface area contributed by atoms with Gasteiger partial charge in [-0.05, 0) is 31.5 Å². The van der Waals surface area contributed by atoms with Crippen LogP contribution in [0.4, 0.5) is 0 Å². The lowest BCUT2D eigenvalue weighted by molar-refractivity contribution is 0.277. The maximum Gasteiger partial charge on any atom is 0.249 e. The Morgan fingerprint density at radius 1 is 1.41 bits per heavy atom. The number of rotatable bonds is 3. The van der Waals surface area contributed by atoms with Crippen LogP contribution in [-0.2, 0) is 16.6 Å². The third kappa shape index (κ3) is 2.33. The molecule has 0 aliphatic heterocycles. The third-order valence-corrected chi connectivity index (χ3v) is 6.75. The second kappa shape index (κ2) is 5.33. The normalized spacial score (nSPS) is 22.0. The fourth-order valence-electron chi connectivity index (χ4n) is 2.41.